The number of aromatic nitrogens is 2. The van der Waals surface area contributed by atoms with Gasteiger partial charge >= 0.3 is 12.6 Å². The minimum Gasteiger partial charge on any atom is -0.434 e. The van der Waals surface area contributed by atoms with Crippen LogP contribution in [0, 0.1) is 6.92 Å². The fourth-order valence-corrected chi connectivity index (χ4v) is 1.74. The standard InChI is InChI=1S/C13H14F2N4O2/c1-8-10(4-3-5-11(8)21-12(14)15)18-13(20)17-9-6-16-19(2)7-9/h3-7,12H,1-2H3,(H2,17,18,20). The topological polar surface area (TPSA) is 68.2 Å². The normalized spacial score (nSPS) is 10.5. The van der Waals surface area contributed by atoms with Gasteiger partial charge in [0.25, 0.3) is 0 Å². The summed E-state index contributed by atoms with van der Waals surface area (Å²) >= 11 is 0. The van der Waals surface area contributed by atoms with E-state index in [0.29, 0.717) is 16.9 Å². The van der Waals surface area contributed by atoms with Crippen molar-refractivity contribution < 1.29 is 18.3 Å². The molecule has 0 unspecified atom stereocenters. The number of anilines is 2. The highest BCUT2D eigenvalue weighted by Crippen LogP contribution is 2.26. The number of ether oxygens (including phenoxy) is 1. The summed E-state index contributed by atoms with van der Waals surface area (Å²) in [5, 5.41) is 9.06. The molecule has 0 fully saturated rings. The number of carbonyl (C=O) groups excluding carboxylic acids is 1. The number of carbonyl (C=O) groups is 1. The maximum Gasteiger partial charge on any atom is 0.387 e. The van der Waals surface area contributed by atoms with E-state index in [9.17, 15) is 13.6 Å². The number of urea groups is 1. The summed E-state index contributed by atoms with van der Waals surface area (Å²) < 4.78 is 30.4. The zero-order valence-electron chi connectivity index (χ0n) is 11.4. The van der Waals surface area contributed by atoms with E-state index in [1.165, 1.54) is 23.0 Å². The first-order valence-electron chi connectivity index (χ1n) is 6.07. The van der Waals surface area contributed by atoms with Crippen LogP contribution in [-0.2, 0) is 7.05 Å². The first kappa shape index (κ1) is 14.8. The number of nitrogens with one attached hydrogen (secondary N) is 2. The van der Waals surface area contributed by atoms with E-state index in [-0.39, 0.29) is 5.75 Å². The molecule has 2 aromatic rings. The second kappa shape index (κ2) is 6.21. The molecule has 8 heteroatoms. The quantitative estimate of drug-likeness (QED) is 0.911. The minimum atomic E-state index is -2.91. The van der Waals surface area contributed by atoms with Crippen LogP contribution in [0.3, 0.4) is 0 Å². The van der Waals surface area contributed by atoms with Gasteiger partial charge in [-0.25, -0.2) is 4.79 Å². The third-order valence-corrected chi connectivity index (χ3v) is 2.71. The Bertz CT molecular complexity index is 643. The number of halogens is 2. The number of hydrogen-bond acceptors (Lipinski definition) is 3. The van der Waals surface area contributed by atoms with E-state index in [1.807, 2.05) is 0 Å². The van der Waals surface area contributed by atoms with Gasteiger partial charge < -0.3 is 15.4 Å². The summed E-state index contributed by atoms with van der Waals surface area (Å²) in [6.07, 6.45) is 3.12. The monoisotopic (exact) mass is 296 g/mol. The highest BCUT2D eigenvalue weighted by Gasteiger charge is 2.12. The van der Waals surface area contributed by atoms with Crippen LogP contribution in [0.25, 0.3) is 0 Å². The van der Waals surface area contributed by atoms with Crippen molar-refractivity contribution in [1.82, 2.24) is 9.78 Å². The van der Waals surface area contributed by atoms with Crippen molar-refractivity contribution in [3.8, 4) is 5.75 Å². The average Bonchev–Trinajstić information content (AvgIpc) is 2.79. The van der Waals surface area contributed by atoms with Crippen LogP contribution in [-0.4, -0.2) is 22.4 Å². The van der Waals surface area contributed by atoms with Crippen LogP contribution < -0.4 is 15.4 Å². The smallest absolute Gasteiger partial charge is 0.387 e. The summed E-state index contributed by atoms with van der Waals surface area (Å²) in [6, 6.07) is 4.02. The van der Waals surface area contributed by atoms with Gasteiger partial charge in [0.1, 0.15) is 5.75 Å². The molecular weight excluding hydrogens is 282 g/mol. The molecule has 2 amide bonds. The van der Waals surface area contributed by atoms with Gasteiger partial charge in [-0.15, -0.1) is 0 Å². The number of alkyl halides is 2. The van der Waals surface area contributed by atoms with Crippen LogP contribution in [0.5, 0.6) is 5.75 Å². The number of aryl methyl sites for hydroxylation is 1. The number of amides is 2. The molecule has 2 rings (SSSR count). The van der Waals surface area contributed by atoms with Crippen LogP contribution in [0.1, 0.15) is 5.56 Å². The Morgan fingerprint density at radius 3 is 2.76 bits per heavy atom. The Hall–Kier alpha value is -2.64. The molecule has 112 valence electrons. The summed E-state index contributed by atoms with van der Waals surface area (Å²) in [7, 11) is 1.72. The Labute approximate surface area is 119 Å². The molecular formula is C13H14F2N4O2. The molecule has 1 aromatic heterocycles. The van der Waals surface area contributed by atoms with Crippen LogP contribution >= 0.6 is 0 Å². The Morgan fingerprint density at radius 2 is 2.14 bits per heavy atom. The number of hydrogen-bond donors (Lipinski definition) is 2. The molecule has 1 heterocycles. The van der Waals surface area contributed by atoms with Gasteiger partial charge in [-0.05, 0) is 19.1 Å². The molecule has 0 aliphatic carbocycles. The second-order valence-electron chi connectivity index (χ2n) is 4.29. The van der Waals surface area contributed by atoms with Gasteiger partial charge in [-0.2, -0.15) is 13.9 Å². The Balaban J connectivity index is 2.06. The lowest BCUT2D eigenvalue weighted by molar-refractivity contribution is -0.0502. The van der Waals surface area contributed by atoms with Gasteiger partial charge in [-0.1, -0.05) is 6.07 Å². The zero-order valence-corrected chi connectivity index (χ0v) is 11.4. The average molecular weight is 296 g/mol. The molecule has 0 saturated heterocycles. The Kier molecular flexibility index (Phi) is 4.36. The van der Waals surface area contributed by atoms with E-state index in [4.69, 9.17) is 0 Å². The van der Waals surface area contributed by atoms with Gasteiger partial charge in [0.2, 0.25) is 0 Å². The van der Waals surface area contributed by atoms with Crippen LogP contribution in [0.2, 0.25) is 0 Å². The second-order valence-corrected chi connectivity index (χ2v) is 4.29. The largest absolute Gasteiger partial charge is 0.434 e. The van der Waals surface area contributed by atoms with E-state index in [1.54, 1.807) is 26.2 Å². The van der Waals surface area contributed by atoms with Crippen molar-refractivity contribution in [2.24, 2.45) is 7.05 Å². The first-order chi connectivity index (χ1) is 9.95. The van der Waals surface area contributed by atoms with Crippen LogP contribution in [0.15, 0.2) is 30.6 Å². The molecule has 2 N–H and O–H groups in total. The minimum absolute atomic E-state index is 0.0178. The number of rotatable bonds is 4. The van der Waals surface area contributed by atoms with Gasteiger partial charge in [0.15, 0.2) is 0 Å². The molecule has 0 aliphatic rings. The SMILES string of the molecule is Cc1c(NC(=O)Nc2cnn(C)c2)cccc1OC(F)F. The van der Waals surface area contributed by atoms with Crippen molar-refractivity contribution in [3.63, 3.8) is 0 Å². The third kappa shape index (κ3) is 3.91. The molecule has 6 nitrogen and oxygen atoms in total. The van der Waals surface area contributed by atoms with E-state index in [2.05, 4.69) is 20.5 Å². The predicted octanol–water partition coefficient (Wildman–Crippen LogP) is 2.97. The van der Waals surface area contributed by atoms with Gasteiger partial charge in [0.05, 0.1) is 11.9 Å². The summed E-state index contributed by atoms with van der Waals surface area (Å²) in [5.74, 6) is 0.0178. The zero-order chi connectivity index (χ0) is 15.4. The van der Waals surface area contributed by atoms with Crippen molar-refractivity contribution in [3.05, 3.63) is 36.2 Å². The summed E-state index contributed by atoms with van der Waals surface area (Å²) in [6.45, 7) is -1.33. The van der Waals surface area contributed by atoms with Crippen molar-refractivity contribution in [1.29, 1.82) is 0 Å². The fourth-order valence-electron chi connectivity index (χ4n) is 1.74. The van der Waals surface area contributed by atoms with Crippen molar-refractivity contribution >= 4 is 17.4 Å². The molecule has 0 saturated carbocycles. The fraction of sp³-hybridized carbons (Fsp3) is 0.231. The number of nitrogens with zero attached hydrogens (tertiary/aromatic N) is 2. The van der Waals surface area contributed by atoms with Crippen molar-refractivity contribution in [2.75, 3.05) is 10.6 Å². The maximum absolute atomic E-state index is 12.3. The van der Waals surface area contributed by atoms with Crippen LogP contribution in [0.4, 0.5) is 25.0 Å². The molecule has 0 spiro atoms. The first-order valence-corrected chi connectivity index (χ1v) is 6.07. The molecule has 0 radical (unpaired) electrons. The van der Waals surface area contributed by atoms with E-state index in [0.717, 1.165) is 0 Å². The van der Waals surface area contributed by atoms with Crippen molar-refractivity contribution in [2.45, 2.75) is 13.5 Å². The lowest BCUT2D eigenvalue weighted by atomic mass is 10.2. The number of benzene rings is 1. The molecule has 0 atom stereocenters. The van der Waals surface area contributed by atoms with E-state index >= 15 is 0 Å². The van der Waals surface area contributed by atoms with Gasteiger partial charge in [0, 0.05) is 24.5 Å². The predicted molar refractivity (Wildman–Crippen MR) is 73.7 cm³/mol. The molecule has 0 aliphatic heterocycles. The summed E-state index contributed by atoms with van der Waals surface area (Å²) in [5.41, 5.74) is 1.32. The van der Waals surface area contributed by atoms with Gasteiger partial charge in [-0.3, -0.25) is 4.68 Å². The van der Waals surface area contributed by atoms with E-state index < -0.39 is 12.6 Å². The lowest BCUT2D eigenvalue weighted by Crippen LogP contribution is -2.20. The highest BCUT2D eigenvalue weighted by atomic mass is 19.3. The molecule has 0 bridgehead atoms. The molecule has 21 heavy (non-hydrogen) atoms. The maximum atomic E-state index is 12.3. The molecule has 1 aromatic carbocycles. The Morgan fingerprint density at radius 1 is 1.38 bits per heavy atom. The summed E-state index contributed by atoms with van der Waals surface area (Å²) in [4.78, 5) is 11.8. The lowest BCUT2D eigenvalue weighted by Gasteiger charge is -2.13. The highest BCUT2D eigenvalue weighted by molar-refractivity contribution is 6.00. The third-order valence-electron chi connectivity index (χ3n) is 2.71.